The van der Waals surface area contributed by atoms with Crippen molar-refractivity contribution < 1.29 is 4.79 Å². The summed E-state index contributed by atoms with van der Waals surface area (Å²) in [6.07, 6.45) is 2.15. The van der Waals surface area contributed by atoms with Crippen LogP contribution in [0.3, 0.4) is 0 Å². The smallest absolute Gasteiger partial charge is 0.263 e. The van der Waals surface area contributed by atoms with Gasteiger partial charge in [0.05, 0.1) is 11.1 Å². The lowest BCUT2D eigenvalue weighted by Crippen LogP contribution is -2.29. The Labute approximate surface area is 149 Å². The van der Waals surface area contributed by atoms with E-state index in [-0.39, 0.29) is 11.5 Å². The second kappa shape index (κ2) is 6.88. The summed E-state index contributed by atoms with van der Waals surface area (Å²) >= 11 is 2.91. The Morgan fingerprint density at radius 2 is 2.12 bits per heavy atom. The van der Waals surface area contributed by atoms with Gasteiger partial charge in [-0.3, -0.25) is 14.2 Å². The molecule has 2 aromatic heterocycles. The van der Waals surface area contributed by atoms with Crippen LogP contribution in [-0.2, 0) is 11.3 Å². The number of carbonyl (C=O) groups is 1. The van der Waals surface area contributed by atoms with Crippen molar-refractivity contribution in [2.24, 2.45) is 5.92 Å². The first-order valence-electron chi connectivity index (χ1n) is 8.29. The van der Waals surface area contributed by atoms with Gasteiger partial charge in [0, 0.05) is 17.5 Å². The van der Waals surface area contributed by atoms with E-state index >= 15 is 0 Å². The minimum absolute atomic E-state index is 0.0145. The third kappa shape index (κ3) is 3.67. The van der Waals surface area contributed by atoms with Gasteiger partial charge in [-0.2, -0.15) is 0 Å². The zero-order valence-electron chi connectivity index (χ0n) is 14.5. The summed E-state index contributed by atoms with van der Waals surface area (Å²) in [7, 11) is 0. The third-order valence-corrected chi connectivity index (χ3v) is 6.15. The molecule has 5 nitrogen and oxygen atoms in total. The van der Waals surface area contributed by atoms with Crippen LogP contribution in [0.25, 0.3) is 10.2 Å². The molecule has 0 aliphatic heterocycles. The first kappa shape index (κ1) is 17.5. The Bertz CT molecular complexity index is 834. The number of hydrogen-bond donors (Lipinski definition) is 1. The van der Waals surface area contributed by atoms with E-state index in [1.807, 2.05) is 13.8 Å². The van der Waals surface area contributed by atoms with E-state index in [1.165, 1.54) is 11.8 Å². The molecule has 1 N–H and O–H groups in total. The maximum absolute atomic E-state index is 13.0. The highest BCUT2D eigenvalue weighted by Crippen LogP contribution is 2.28. The Kier molecular flexibility index (Phi) is 5.01. The van der Waals surface area contributed by atoms with Crippen LogP contribution in [0.2, 0.25) is 0 Å². The number of carbonyl (C=O) groups excluding carboxylic acids is 1. The van der Waals surface area contributed by atoms with Crippen LogP contribution >= 0.6 is 23.1 Å². The average Bonchev–Trinajstić information content (AvgIpc) is 3.26. The summed E-state index contributed by atoms with van der Waals surface area (Å²) in [4.78, 5) is 31.5. The van der Waals surface area contributed by atoms with E-state index in [9.17, 15) is 9.59 Å². The Balaban J connectivity index is 1.94. The van der Waals surface area contributed by atoms with Gasteiger partial charge in [0.2, 0.25) is 5.91 Å². The molecule has 0 spiro atoms. The molecule has 1 saturated carbocycles. The van der Waals surface area contributed by atoms with E-state index in [2.05, 4.69) is 19.2 Å². The van der Waals surface area contributed by atoms with Gasteiger partial charge in [0.15, 0.2) is 5.16 Å². The molecule has 1 amide bonds. The predicted octanol–water partition coefficient (Wildman–Crippen LogP) is 3.10. The normalized spacial score (nSPS) is 14.5. The Morgan fingerprint density at radius 3 is 2.75 bits per heavy atom. The van der Waals surface area contributed by atoms with Crippen molar-refractivity contribution in [3.8, 4) is 0 Å². The molecule has 3 rings (SSSR count). The molecular formula is C17H23N3O2S2. The molecule has 0 aromatic carbocycles. The summed E-state index contributed by atoms with van der Waals surface area (Å²) in [6, 6.07) is 0.356. The third-order valence-electron chi connectivity index (χ3n) is 4.08. The number of hydrogen-bond acceptors (Lipinski definition) is 5. The van der Waals surface area contributed by atoms with Crippen molar-refractivity contribution in [2.75, 3.05) is 5.75 Å². The maximum atomic E-state index is 13.0. The molecule has 1 aliphatic rings. The Morgan fingerprint density at radius 1 is 1.42 bits per heavy atom. The molecule has 7 heteroatoms. The molecule has 2 heterocycles. The number of amides is 1. The number of aromatic nitrogens is 2. The van der Waals surface area contributed by atoms with Gasteiger partial charge in [-0.15, -0.1) is 11.3 Å². The zero-order chi connectivity index (χ0) is 17.4. The molecule has 130 valence electrons. The quantitative estimate of drug-likeness (QED) is 0.631. The number of nitrogens with one attached hydrogen (secondary N) is 1. The fraction of sp³-hybridized carbons (Fsp3) is 0.588. The van der Waals surface area contributed by atoms with Gasteiger partial charge in [0.25, 0.3) is 5.56 Å². The number of thiophene rings is 1. The molecule has 1 fully saturated rings. The summed E-state index contributed by atoms with van der Waals surface area (Å²) < 4.78 is 1.74. The van der Waals surface area contributed by atoms with Crippen LogP contribution in [0.5, 0.6) is 0 Å². The SMILES string of the molecule is Cc1sc2nc(SCC(=O)NC3CC3)n(CC(C)C)c(=O)c2c1C. The second-order valence-electron chi connectivity index (χ2n) is 6.80. The van der Waals surface area contributed by atoms with Crippen molar-refractivity contribution >= 4 is 39.2 Å². The van der Waals surface area contributed by atoms with Crippen LogP contribution in [0.4, 0.5) is 0 Å². The lowest BCUT2D eigenvalue weighted by atomic mass is 10.2. The van der Waals surface area contributed by atoms with E-state index in [0.717, 1.165) is 33.5 Å². The number of nitrogens with zero attached hydrogens (tertiary/aromatic N) is 2. The van der Waals surface area contributed by atoms with Crippen LogP contribution in [-0.4, -0.2) is 27.3 Å². The van der Waals surface area contributed by atoms with Gasteiger partial charge in [0.1, 0.15) is 4.83 Å². The van der Waals surface area contributed by atoms with Crippen molar-refractivity contribution in [1.82, 2.24) is 14.9 Å². The van der Waals surface area contributed by atoms with E-state index < -0.39 is 0 Å². The van der Waals surface area contributed by atoms with Crippen LogP contribution in [0, 0.1) is 19.8 Å². The molecule has 2 aromatic rings. The fourth-order valence-corrected chi connectivity index (χ4v) is 4.46. The summed E-state index contributed by atoms with van der Waals surface area (Å²) in [5.74, 6) is 0.656. The first-order valence-corrected chi connectivity index (χ1v) is 10.1. The second-order valence-corrected chi connectivity index (χ2v) is 8.94. The molecule has 1 aliphatic carbocycles. The maximum Gasteiger partial charge on any atom is 0.263 e. The van der Waals surface area contributed by atoms with Gasteiger partial charge >= 0.3 is 0 Å². The van der Waals surface area contributed by atoms with Crippen molar-refractivity contribution in [3.63, 3.8) is 0 Å². The number of rotatable bonds is 6. The van der Waals surface area contributed by atoms with Crippen molar-refractivity contribution in [2.45, 2.75) is 58.3 Å². The molecule has 0 bridgehead atoms. The highest BCUT2D eigenvalue weighted by atomic mass is 32.2. The molecular weight excluding hydrogens is 342 g/mol. The molecule has 0 radical (unpaired) electrons. The number of thioether (sulfide) groups is 1. The van der Waals surface area contributed by atoms with Gasteiger partial charge in [-0.05, 0) is 38.2 Å². The standard InChI is InChI=1S/C17H23N3O2S2/c1-9(2)7-20-16(22)14-10(3)11(4)24-15(14)19-17(20)23-8-13(21)18-12-5-6-12/h9,12H,5-8H2,1-4H3,(H,18,21). The number of fused-ring (bicyclic) bond motifs is 1. The predicted molar refractivity (Wildman–Crippen MR) is 100 cm³/mol. The van der Waals surface area contributed by atoms with Crippen molar-refractivity contribution in [3.05, 3.63) is 20.8 Å². The summed E-state index contributed by atoms with van der Waals surface area (Å²) in [6.45, 7) is 8.77. The molecule has 0 unspecified atom stereocenters. The Hall–Kier alpha value is -1.34. The number of aryl methyl sites for hydroxylation is 2. The largest absolute Gasteiger partial charge is 0.353 e. The lowest BCUT2D eigenvalue weighted by Gasteiger charge is -2.14. The summed E-state index contributed by atoms with van der Waals surface area (Å²) in [5, 5.41) is 4.35. The highest BCUT2D eigenvalue weighted by Gasteiger charge is 2.24. The minimum Gasteiger partial charge on any atom is -0.353 e. The van der Waals surface area contributed by atoms with Crippen LogP contribution < -0.4 is 10.9 Å². The minimum atomic E-state index is 0.0145. The van der Waals surface area contributed by atoms with E-state index in [0.29, 0.717) is 29.4 Å². The topological polar surface area (TPSA) is 64.0 Å². The van der Waals surface area contributed by atoms with E-state index in [1.54, 1.807) is 15.9 Å². The molecule has 0 atom stereocenters. The van der Waals surface area contributed by atoms with Gasteiger partial charge in [-0.1, -0.05) is 25.6 Å². The lowest BCUT2D eigenvalue weighted by molar-refractivity contribution is -0.118. The molecule has 0 saturated heterocycles. The summed E-state index contributed by atoms with van der Waals surface area (Å²) in [5.41, 5.74) is 1.04. The zero-order valence-corrected chi connectivity index (χ0v) is 16.1. The van der Waals surface area contributed by atoms with Crippen LogP contribution in [0.1, 0.15) is 37.1 Å². The monoisotopic (exact) mass is 365 g/mol. The van der Waals surface area contributed by atoms with Crippen LogP contribution in [0.15, 0.2) is 9.95 Å². The molecule has 24 heavy (non-hydrogen) atoms. The van der Waals surface area contributed by atoms with E-state index in [4.69, 9.17) is 4.98 Å². The average molecular weight is 366 g/mol. The fourth-order valence-electron chi connectivity index (χ4n) is 2.57. The van der Waals surface area contributed by atoms with Gasteiger partial charge in [-0.25, -0.2) is 4.98 Å². The first-order chi connectivity index (χ1) is 11.4. The highest BCUT2D eigenvalue weighted by molar-refractivity contribution is 7.99. The van der Waals surface area contributed by atoms with Crippen molar-refractivity contribution in [1.29, 1.82) is 0 Å². The van der Waals surface area contributed by atoms with Gasteiger partial charge < -0.3 is 5.32 Å².